The van der Waals surface area contributed by atoms with Crippen LogP contribution in [0.3, 0.4) is 0 Å². The molecule has 2 aromatic carbocycles. The Balaban J connectivity index is 2.23. The van der Waals surface area contributed by atoms with Crippen LogP contribution in [0.25, 0.3) is 0 Å². The van der Waals surface area contributed by atoms with E-state index in [-0.39, 0.29) is 22.1 Å². The number of esters is 1. The number of carbonyl (C=O) groups is 2. The summed E-state index contributed by atoms with van der Waals surface area (Å²) in [5.74, 6) is -1.09. The van der Waals surface area contributed by atoms with Crippen LogP contribution in [0.4, 0.5) is 5.69 Å². The smallest absolute Gasteiger partial charge is 0.338 e. The van der Waals surface area contributed by atoms with Crippen LogP contribution in [-0.4, -0.2) is 23.3 Å². The number of hydrogen-bond donors (Lipinski definition) is 0. The molecule has 0 aliphatic rings. The fourth-order valence-electron chi connectivity index (χ4n) is 2.70. The maximum atomic E-state index is 12.6. The highest BCUT2D eigenvalue weighted by Crippen LogP contribution is 2.30. The first-order chi connectivity index (χ1) is 13.3. The van der Waals surface area contributed by atoms with E-state index in [1.165, 1.54) is 24.3 Å². The number of nitro groups is 1. The molecule has 0 aromatic heterocycles. The molecule has 6 heteroatoms. The average molecular weight is 397 g/mol. The molecule has 0 bridgehead atoms. The van der Waals surface area contributed by atoms with E-state index in [0.29, 0.717) is 5.56 Å². The van der Waals surface area contributed by atoms with E-state index in [0.717, 1.165) is 11.1 Å². The fourth-order valence-corrected chi connectivity index (χ4v) is 2.70. The number of carbonyl (C=O) groups excluding carboxylic acids is 2. The monoisotopic (exact) mass is 397 g/mol. The fraction of sp³-hybridized carbons (Fsp3) is 0.391. The first-order valence-corrected chi connectivity index (χ1v) is 9.40. The molecule has 0 unspecified atom stereocenters. The summed E-state index contributed by atoms with van der Waals surface area (Å²) in [6.45, 7) is 11.9. The van der Waals surface area contributed by atoms with E-state index in [9.17, 15) is 19.7 Å². The van der Waals surface area contributed by atoms with Gasteiger partial charge in [-0.15, -0.1) is 0 Å². The average Bonchev–Trinajstić information content (AvgIpc) is 2.64. The summed E-state index contributed by atoms with van der Waals surface area (Å²) in [4.78, 5) is 35.2. The van der Waals surface area contributed by atoms with Crippen LogP contribution in [0.15, 0.2) is 42.5 Å². The number of nitrogens with zero attached hydrogens (tertiary/aromatic N) is 1. The van der Waals surface area contributed by atoms with E-state index in [4.69, 9.17) is 4.74 Å². The van der Waals surface area contributed by atoms with Gasteiger partial charge in [-0.05, 0) is 34.1 Å². The van der Waals surface area contributed by atoms with Gasteiger partial charge in [0.05, 0.1) is 10.5 Å². The Morgan fingerprint density at radius 2 is 1.45 bits per heavy atom. The van der Waals surface area contributed by atoms with Crippen LogP contribution in [0.5, 0.6) is 0 Å². The Morgan fingerprint density at radius 1 is 0.897 bits per heavy atom. The molecule has 154 valence electrons. The predicted molar refractivity (Wildman–Crippen MR) is 112 cm³/mol. The highest BCUT2D eigenvalue weighted by molar-refractivity contribution is 5.99. The Kier molecular flexibility index (Phi) is 6.26. The summed E-state index contributed by atoms with van der Waals surface area (Å²) in [5.41, 5.74) is 2.02. The standard InChI is InChI=1S/C23H27NO5/c1-22(2,3)17-10-16(11-18(13-17)23(4,5)6)21(26)29-14-20(25)15-8-7-9-19(12-15)24(27)28/h7-13H,14H2,1-6H3. The maximum absolute atomic E-state index is 12.6. The molecule has 0 heterocycles. The third-order valence-corrected chi connectivity index (χ3v) is 4.61. The third kappa shape index (κ3) is 5.73. The van der Waals surface area contributed by atoms with E-state index in [1.54, 1.807) is 12.1 Å². The highest BCUT2D eigenvalue weighted by Gasteiger charge is 2.23. The Morgan fingerprint density at radius 3 is 1.93 bits per heavy atom. The van der Waals surface area contributed by atoms with Gasteiger partial charge in [-0.3, -0.25) is 14.9 Å². The quantitative estimate of drug-likeness (QED) is 0.298. The number of nitro benzene ring substituents is 1. The van der Waals surface area contributed by atoms with Crippen LogP contribution in [-0.2, 0) is 15.6 Å². The van der Waals surface area contributed by atoms with Crippen molar-refractivity contribution in [3.8, 4) is 0 Å². The Bertz CT molecular complexity index is 916. The zero-order valence-corrected chi connectivity index (χ0v) is 17.7. The van der Waals surface area contributed by atoms with Crippen molar-refractivity contribution in [3.63, 3.8) is 0 Å². The second-order valence-electron chi connectivity index (χ2n) is 9.11. The van der Waals surface area contributed by atoms with Crippen molar-refractivity contribution in [3.05, 3.63) is 74.8 Å². The van der Waals surface area contributed by atoms with Crippen molar-refractivity contribution in [1.29, 1.82) is 0 Å². The van der Waals surface area contributed by atoms with E-state index >= 15 is 0 Å². The van der Waals surface area contributed by atoms with Gasteiger partial charge in [-0.2, -0.15) is 0 Å². The van der Waals surface area contributed by atoms with Gasteiger partial charge in [0.25, 0.3) is 5.69 Å². The van der Waals surface area contributed by atoms with Gasteiger partial charge in [0.2, 0.25) is 5.78 Å². The minimum atomic E-state index is -0.597. The van der Waals surface area contributed by atoms with Gasteiger partial charge in [-0.1, -0.05) is 59.7 Å². The van der Waals surface area contributed by atoms with Crippen molar-refractivity contribution in [2.45, 2.75) is 52.4 Å². The van der Waals surface area contributed by atoms with Crippen LogP contribution < -0.4 is 0 Å². The summed E-state index contributed by atoms with van der Waals surface area (Å²) < 4.78 is 5.22. The van der Waals surface area contributed by atoms with Gasteiger partial charge in [0.1, 0.15) is 0 Å². The van der Waals surface area contributed by atoms with Crippen LogP contribution >= 0.6 is 0 Å². The molecular formula is C23H27NO5. The van der Waals surface area contributed by atoms with Crippen molar-refractivity contribution >= 4 is 17.4 Å². The summed E-state index contributed by atoms with van der Waals surface area (Å²) in [7, 11) is 0. The van der Waals surface area contributed by atoms with E-state index in [1.807, 2.05) is 0 Å². The molecule has 0 radical (unpaired) electrons. The molecule has 0 aliphatic heterocycles. The number of benzene rings is 2. The highest BCUT2D eigenvalue weighted by atomic mass is 16.6. The molecule has 2 aromatic rings. The zero-order valence-electron chi connectivity index (χ0n) is 17.7. The molecular weight excluding hydrogens is 370 g/mol. The zero-order chi connectivity index (χ0) is 22.0. The SMILES string of the molecule is CC(C)(C)c1cc(C(=O)OCC(=O)c2cccc([N+](=O)[O-])c2)cc(C(C)(C)C)c1. The molecule has 0 saturated carbocycles. The number of Topliss-reactive ketones (excluding diaryl/α,β-unsaturated/α-hetero) is 1. The lowest BCUT2D eigenvalue weighted by Gasteiger charge is -2.25. The first kappa shape index (κ1) is 22.3. The lowest BCUT2D eigenvalue weighted by molar-refractivity contribution is -0.384. The van der Waals surface area contributed by atoms with Gasteiger partial charge in [-0.25, -0.2) is 4.79 Å². The van der Waals surface area contributed by atoms with Crippen molar-refractivity contribution < 1.29 is 19.2 Å². The third-order valence-electron chi connectivity index (χ3n) is 4.61. The van der Waals surface area contributed by atoms with E-state index in [2.05, 4.69) is 47.6 Å². The van der Waals surface area contributed by atoms with Crippen LogP contribution in [0.2, 0.25) is 0 Å². The predicted octanol–water partition coefficient (Wildman–Crippen LogP) is 5.23. The van der Waals surface area contributed by atoms with Gasteiger partial charge >= 0.3 is 5.97 Å². The molecule has 0 N–H and O–H groups in total. The molecule has 0 atom stereocenters. The molecule has 29 heavy (non-hydrogen) atoms. The Hall–Kier alpha value is -3.02. The Labute approximate surface area is 171 Å². The first-order valence-electron chi connectivity index (χ1n) is 9.40. The molecule has 6 nitrogen and oxygen atoms in total. The molecule has 0 spiro atoms. The van der Waals surface area contributed by atoms with Crippen LogP contribution in [0, 0.1) is 10.1 Å². The number of non-ortho nitro benzene ring substituents is 1. The molecule has 0 aliphatic carbocycles. The summed E-state index contributed by atoms with van der Waals surface area (Å²) in [6.07, 6.45) is 0. The van der Waals surface area contributed by atoms with E-state index < -0.39 is 23.3 Å². The molecule has 0 saturated heterocycles. The van der Waals surface area contributed by atoms with Crippen molar-refractivity contribution in [1.82, 2.24) is 0 Å². The summed E-state index contributed by atoms with van der Waals surface area (Å²) in [6, 6.07) is 11.0. The summed E-state index contributed by atoms with van der Waals surface area (Å²) in [5, 5.41) is 10.9. The number of ether oxygens (including phenoxy) is 1. The number of hydrogen-bond acceptors (Lipinski definition) is 5. The van der Waals surface area contributed by atoms with Gasteiger partial charge in [0, 0.05) is 17.7 Å². The number of ketones is 1. The number of rotatable bonds is 5. The lowest BCUT2D eigenvalue weighted by Crippen LogP contribution is -2.20. The second-order valence-corrected chi connectivity index (χ2v) is 9.11. The largest absolute Gasteiger partial charge is 0.454 e. The van der Waals surface area contributed by atoms with Crippen LogP contribution in [0.1, 0.15) is 73.4 Å². The van der Waals surface area contributed by atoms with Gasteiger partial charge in [0.15, 0.2) is 6.61 Å². The van der Waals surface area contributed by atoms with Crippen molar-refractivity contribution in [2.24, 2.45) is 0 Å². The molecule has 0 amide bonds. The lowest BCUT2D eigenvalue weighted by atomic mass is 9.79. The minimum absolute atomic E-state index is 0.130. The van der Waals surface area contributed by atoms with Crippen molar-refractivity contribution in [2.75, 3.05) is 6.61 Å². The normalized spacial score (nSPS) is 11.8. The topological polar surface area (TPSA) is 86.5 Å². The molecule has 2 rings (SSSR count). The minimum Gasteiger partial charge on any atom is -0.454 e. The van der Waals surface area contributed by atoms with Gasteiger partial charge < -0.3 is 4.74 Å². The molecule has 0 fully saturated rings. The maximum Gasteiger partial charge on any atom is 0.338 e. The second kappa shape index (κ2) is 8.15. The summed E-state index contributed by atoms with van der Waals surface area (Å²) >= 11 is 0.